The number of aromatic nitrogens is 4. The summed E-state index contributed by atoms with van der Waals surface area (Å²) in [6.07, 6.45) is 5.60. The maximum atomic E-state index is 13.5. The number of benzene rings is 1. The topological polar surface area (TPSA) is 84.7 Å². The number of amides is 1. The van der Waals surface area contributed by atoms with E-state index in [9.17, 15) is 13.6 Å². The van der Waals surface area contributed by atoms with Crippen molar-refractivity contribution in [1.82, 2.24) is 25.1 Å². The van der Waals surface area contributed by atoms with Gasteiger partial charge in [-0.3, -0.25) is 4.79 Å². The van der Waals surface area contributed by atoms with Crippen LogP contribution in [0.3, 0.4) is 0 Å². The predicted molar refractivity (Wildman–Crippen MR) is 101 cm³/mol. The molecule has 0 saturated heterocycles. The van der Waals surface area contributed by atoms with Gasteiger partial charge in [-0.1, -0.05) is 0 Å². The van der Waals surface area contributed by atoms with E-state index >= 15 is 0 Å². The normalized spacial score (nSPS) is 11.0. The van der Waals surface area contributed by atoms with Crippen LogP contribution in [0.25, 0.3) is 11.9 Å². The summed E-state index contributed by atoms with van der Waals surface area (Å²) in [4.78, 5) is 20.1. The lowest BCUT2D eigenvalue weighted by Crippen LogP contribution is -2.27. The van der Waals surface area contributed by atoms with E-state index < -0.39 is 17.5 Å². The van der Waals surface area contributed by atoms with Gasteiger partial charge in [0.1, 0.15) is 23.8 Å². The van der Waals surface area contributed by atoms with Gasteiger partial charge in [0.15, 0.2) is 5.82 Å². The molecule has 0 radical (unpaired) electrons. The van der Waals surface area contributed by atoms with Crippen molar-refractivity contribution >= 4 is 17.8 Å². The standard InChI is InChI=1S/C19H18F2N6O/c1-13-6-9-27(26-13)18-11-17(24-12-25-18)22-7-8-23-19(28)5-2-14-10-15(20)3-4-16(14)21/h2-6,9-12H,7-8H2,1H3,(H,23,28)(H,22,24,25)/b5-2+. The summed E-state index contributed by atoms with van der Waals surface area (Å²) in [7, 11) is 0. The predicted octanol–water partition coefficient (Wildman–Crippen LogP) is 2.49. The first-order chi connectivity index (χ1) is 13.5. The van der Waals surface area contributed by atoms with Crippen molar-refractivity contribution in [3.63, 3.8) is 0 Å². The second-order valence-corrected chi connectivity index (χ2v) is 5.88. The van der Waals surface area contributed by atoms with Crippen LogP contribution in [0, 0.1) is 18.6 Å². The summed E-state index contributed by atoms with van der Waals surface area (Å²) < 4.78 is 28.2. The van der Waals surface area contributed by atoms with E-state index in [0.29, 0.717) is 24.7 Å². The molecule has 0 spiro atoms. The molecule has 3 aromatic rings. The molecular formula is C19H18F2N6O. The molecule has 0 aliphatic carbocycles. The number of hydrogen-bond acceptors (Lipinski definition) is 5. The zero-order valence-electron chi connectivity index (χ0n) is 15.1. The van der Waals surface area contributed by atoms with E-state index in [-0.39, 0.29) is 5.56 Å². The summed E-state index contributed by atoms with van der Waals surface area (Å²) in [5.74, 6) is -0.375. The number of nitrogens with one attached hydrogen (secondary N) is 2. The molecule has 7 nitrogen and oxygen atoms in total. The highest BCUT2D eigenvalue weighted by Gasteiger charge is 2.03. The molecule has 0 atom stereocenters. The fraction of sp³-hybridized carbons (Fsp3) is 0.158. The molecule has 144 valence electrons. The first-order valence-electron chi connectivity index (χ1n) is 8.51. The minimum Gasteiger partial charge on any atom is -0.368 e. The molecule has 0 fully saturated rings. The van der Waals surface area contributed by atoms with Gasteiger partial charge in [0, 0.05) is 37.0 Å². The van der Waals surface area contributed by atoms with E-state index in [4.69, 9.17) is 0 Å². The zero-order chi connectivity index (χ0) is 19.9. The molecule has 0 saturated carbocycles. The number of carbonyl (C=O) groups is 1. The van der Waals surface area contributed by atoms with E-state index in [1.54, 1.807) is 16.9 Å². The minimum atomic E-state index is -0.598. The Morgan fingerprint density at radius 2 is 2.04 bits per heavy atom. The summed E-state index contributed by atoms with van der Waals surface area (Å²) >= 11 is 0. The fourth-order valence-corrected chi connectivity index (χ4v) is 2.35. The largest absolute Gasteiger partial charge is 0.368 e. The molecule has 1 amide bonds. The van der Waals surface area contributed by atoms with Crippen LogP contribution >= 0.6 is 0 Å². The van der Waals surface area contributed by atoms with Crippen molar-refractivity contribution in [1.29, 1.82) is 0 Å². The van der Waals surface area contributed by atoms with Gasteiger partial charge in [-0.15, -0.1) is 0 Å². The molecule has 1 aromatic carbocycles. The van der Waals surface area contributed by atoms with Gasteiger partial charge in [-0.05, 0) is 37.3 Å². The average molecular weight is 384 g/mol. The first kappa shape index (κ1) is 19.2. The summed E-state index contributed by atoms with van der Waals surface area (Å²) in [5.41, 5.74) is 0.887. The number of hydrogen-bond donors (Lipinski definition) is 2. The Bertz CT molecular complexity index is 1000. The Morgan fingerprint density at radius 3 is 2.82 bits per heavy atom. The molecule has 2 aromatic heterocycles. The fourth-order valence-electron chi connectivity index (χ4n) is 2.35. The number of anilines is 1. The first-order valence-corrected chi connectivity index (χ1v) is 8.51. The quantitative estimate of drug-likeness (QED) is 0.483. The molecule has 0 aliphatic rings. The number of nitrogens with zero attached hydrogens (tertiary/aromatic N) is 4. The minimum absolute atomic E-state index is 0.00986. The van der Waals surface area contributed by atoms with Gasteiger partial charge < -0.3 is 10.6 Å². The third kappa shape index (κ3) is 5.19. The van der Waals surface area contributed by atoms with Gasteiger partial charge in [-0.25, -0.2) is 23.4 Å². The maximum absolute atomic E-state index is 13.5. The van der Waals surface area contributed by atoms with E-state index in [2.05, 4.69) is 25.7 Å². The van der Waals surface area contributed by atoms with E-state index in [1.165, 1.54) is 12.4 Å². The monoisotopic (exact) mass is 384 g/mol. The number of aryl methyl sites for hydroxylation is 1. The SMILES string of the molecule is Cc1ccn(-c2cc(NCCNC(=O)/C=C/c3cc(F)ccc3F)ncn2)n1. The average Bonchev–Trinajstić information content (AvgIpc) is 3.12. The number of halogens is 2. The van der Waals surface area contributed by atoms with E-state index in [0.717, 1.165) is 30.0 Å². The summed E-state index contributed by atoms with van der Waals surface area (Å²) in [5, 5.41) is 9.99. The molecule has 2 N–H and O–H groups in total. The number of carbonyl (C=O) groups excluding carboxylic acids is 1. The van der Waals surface area contributed by atoms with Crippen LogP contribution in [0.4, 0.5) is 14.6 Å². The highest BCUT2D eigenvalue weighted by Crippen LogP contribution is 2.11. The number of rotatable bonds is 7. The summed E-state index contributed by atoms with van der Waals surface area (Å²) in [6.45, 7) is 2.62. The van der Waals surface area contributed by atoms with Crippen molar-refractivity contribution in [2.45, 2.75) is 6.92 Å². The Balaban J connectivity index is 1.47. The lowest BCUT2D eigenvalue weighted by atomic mass is 10.2. The van der Waals surface area contributed by atoms with Crippen molar-refractivity contribution in [3.05, 3.63) is 71.8 Å². The maximum Gasteiger partial charge on any atom is 0.244 e. The molecule has 0 bridgehead atoms. The van der Waals surface area contributed by atoms with Crippen molar-refractivity contribution < 1.29 is 13.6 Å². The lowest BCUT2D eigenvalue weighted by Gasteiger charge is -2.07. The van der Waals surface area contributed by atoms with Crippen LogP contribution in [0.5, 0.6) is 0 Å². The van der Waals surface area contributed by atoms with Crippen molar-refractivity contribution in [3.8, 4) is 5.82 Å². The Hall–Kier alpha value is -3.62. The van der Waals surface area contributed by atoms with Crippen molar-refractivity contribution in [2.75, 3.05) is 18.4 Å². The molecule has 0 unspecified atom stereocenters. The van der Waals surface area contributed by atoms with Crippen LogP contribution in [0.15, 0.2) is 48.9 Å². The van der Waals surface area contributed by atoms with Crippen molar-refractivity contribution in [2.24, 2.45) is 0 Å². The van der Waals surface area contributed by atoms with E-state index in [1.807, 2.05) is 13.0 Å². The zero-order valence-corrected chi connectivity index (χ0v) is 15.1. The second-order valence-electron chi connectivity index (χ2n) is 5.88. The smallest absolute Gasteiger partial charge is 0.244 e. The highest BCUT2D eigenvalue weighted by atomic mass is 19.1. The molecular weight excluding hydrogens is 366 g/mol. The second kappa shape index (κ2) is 8.85. The van der Waals surface area contributed by atoms with Gasteiger partial charge in [0.25, 0.3) is 0 Å². The Morgan fingerprint density at radius 1 is 1.18 bits per heavy atom. The van der Waals surface area contributed by atoms with Crippen LogP contribution in [-0.4, -0.2) is 38.7 Å². The molecule has 28 heavy (non-hydrogen) atoms. The molecule has 2 heterocycles. The molecule has 0 aliphatic heterocycles. The Kier molecular flexibility index (Phi) is 6.05. The van der Waals surface area contributed by atoms with Gasteiger partial charge >= 0.3 is 0 Å². The highest BCUT2D eigenvalue weighted by molar-refractivity contribution is 5.91. The van der Waals surface area contributed by atoms with Crippen LogP contribution in [-0.2, 0) is 4.79 Å². The van der Waals surface area contributed by atoms with Gasteiger partial charge in [-0.2, -0.15) is 5.10 Å². The third-order valence-corrected chi connectivity index (χ3v) is 3.71. The van der Waals surface area contributed by atoms with Gasteiger partial charge in [0.05, 0.1) is 5.69 Å². The van der Waals surface area contributed by atoms with Crippen LogP contribution in [0.1, 0.15) is 11.3 Å². The third-order valence-electron chi connectivity index (χ3n) is 3.71. The van der Waals surface area contributed by atoms with Crippen LogP contribution < -0.4 is 10.6 Å². The van der Waals surface area contributed by atoms with Crippen LogP contribution in [0.2, 0.25) is 0 Å². The summed E-state index contributed by atoms with van der Waals surface area (Å²) in [6, 6.07) is 6.66. The molecule has 3 rings (SSSR count). The Labute approximate surface area is 160 Å². The lowest BCUT2D eigenvalue weighted by molar-refractivity contribution is -0.116. The molecule has 9 heteroatoms. The van der Waals surface area contributed by atoms with Gasteiger partial charge in [0.2, 0.25) is 5.91 Å².